The number of rotatable bonds is 5. The first-order valence-electron chi connectivity index (χ1n) is 8.80. The summed E-state index contributed by atoms with van der Waals surface area (Å²) in [5.41, 5.74) is 2.01. The van der Waals surface area contributed by atoms with Gasteiger partial charge in [0.1, 0.15) is 11.4 Å². The lowest BCUT2D eigenvalue weighted by Gasteiger charge is -2.18. The number of hydrogen-bond donors (Lipinski definition) is 2. The minimum absolute atomic E-state index is 0.0647. The van der Waals surface area contributed by atoms with Gasteiger partial charge in [-0.15, -0.1) is 0 Å². The molecular formula is C21H19ClFN3O3. The Morgan fingerprint density at radius 2 is 1.97 bits per heavy atom. The number of benzene rings is 1. The number of carbonyl (C=O) groups excluding carboxylic acids is 1. The van der Waals surface area contributed by atoms with E-state index in [0.717, 1.165) is 0 Å². The molecule has 0 saturated heterocycles. The zero-order valence-corrected chi connectivity index (χ0v) is 16.8. The fraction of sp³-hybridized carbons (Fsp3) is 0.190. The standard InChI is InChI=1S/C21H19ClFN3O3/c1-11(2)19-18(25-17-6-7-24-10-15(17)21(28)29-3)9-14(20(27)26-19)13-8-12(22)4-5-16(13)23/h4-11H,1-3H3,(H,24,25)(H,26,27). The van der Waals surface area contributed by atoms with E-state index in [1.807, 2.05) is 13.8 Å². The first kappa shape index (κ1) is 20.5. The molecule has 0 unspecified atom stereocenters. The molecule has 3 aromatic rings. The Hall–Kier alpha value is -3.19. The molecule has 0 fully saturated rings. The highest BCUT2D eigenvalue weighted by atomic mass is 35.5. The number of nitrogens with zero attached hydrogens (tertiary/aromatic N) is 2. The number of ether oxygens (including phenoxy) is 1. The minimum atomic E-state index is -0.556. The van der Waals surface area contributed by atoms with Crippen LogP contribution in [-0.2, 0) is 4.74 Å². The Labute approximate surface area is 172 Å². The molecule has 0 bridgehead atoms. The van der Waals surface area contributed by atoms with Gasteiger partial charge in [0, 0.05) is 28.5 Å². The van der Waals surface area contributed by atoms with Gasteiger partial charge in [0.2, 0.25) is 5.88 Å². The molecule has 29 heavy (non-hydrogen) atoms. The molecule has 2 N–H and O–H groups in total. The van der Waals surface area contributed by atoms with E-state index in [1.54, 1.807) is 12.1 Å². The Kier molecular flexibility index (Phi) is 5.98. The Morgan fingerprint density at radius 1 is 1.21 bits per heavy atom. The molecule has 8 heteroatoms. The van der Waals surface area contributed by atoms with Crippen LogP contribution in [0.25, 0.3) is 11.1 Å². The number of halogens is 2. The molecule has 0 saturated carbocycles. The van der Waals surface area contributed by atoms with Crippen LogP contribution in [0, 0.1) is 5.82 Å². The highest BCUT2D eigenvalue weighted by Gasteiger charge is 2.20. The van der Waals surface area contributed by atoms with E-state index in [0.29, 0.717) is 22.1 Å². The summed E-state index contributed by atoms with van der Waals surface area (Å²) in [6, 6.07) is 7.25. The molecule has 0 spiro atoms. The zero-order chi connectivity index (χ0) is 21.1. The van der Waals surface area contributed by atoms with Gasteiger partial charge < -0.3 is 15.2 Å². The summed E-state index contributed by atoms with van der Waals surface area (Å²) in [7, 11) is 1.28. The lowest BCUT2D eigenvalue weighted by Crippen LogP contribution is -2.08. The lowest BCUT2D eigenvalue weighted by molar-refractivity contribution is 0.0601. The summed E-state index contributed by atoms with van der Waals surface area (Å²) in [6.45, 7) is 3.81. The fourth-order valence-corrected chi connectivity index (χ4v) is 3.05. The van der Waals surface area contributed by atoms with Crippen molar-refractivity contribution >= 4 is 28.9 Å². The number of pyridine rings is 2. The van der Waals surface area contributed by atoms with E-state index in [2.05, 4.69) is 15.3 Å². The van der Waals surface area contributed by atoms with Crippen LogP contribution < -0.4 is 5.32 Å². The Morgan fingerprint density at radius 3 is 2.66 bits per heavy atom. The van der Waals surface area contributed by atoms with Gasteiger partial charge >= 0.3 is 5.97 Å². The van der Waals surface area contributed by atoms with Gasteiger partial charge in [-0.3, -0.25) is 4.98 Å². The second-order valence-corrected chi connectivity index (χ2v) is 7.05. The van der Waals surface area contributed by atoms with E-state index in [1.165, 1.54) is 37.7 Å². The monoisotopic (exact) mass is 415 g/mol. The number of aromatic hydroxyl groups is 1. The highest BCUT2D eigenvalue weighted by molar-refractivity contribution is 6.30. The molecular weight excluding hydrogens is 397 g/mol. The predicted octanol–water partition coefficient (Wildman–Crippen LogP) is 5.30. The summed E-state index contributed by atoms with van der Waals surface area (Å²) in [4.78, 5) is 20.3. The van der Waals surface area contributed by atoms with E-state index < -0.39 is 11.8 Å². The van der Waals surface area contributed by atoms with Gasteiger partial charge in [0.25, 0.3) is 0 Å². The van der Waals surface area contributed by atoms with Gasteiger partial charge in [-0.2, -0.15) is 0 Å². The second-order valence-electron chi connectivity index (χ2n) is 6.61. The van der Waals surface area contributed by atoms with E-state index >= 15 is 0 Å². The highest BCUT2D eigenvalue weighted by Crippen LogP contribution is 2.38. The van der Waals surface area contributed by atoms with Crippen molar-refractivity contribution in [1.82, 2.24) is 9.97 Å². The Bertz CT molecular complexity index is 1070. The molecule has 3 rings (SSSR count). The van der Waals surface area contributed by atoms with Crippen LogP contribution in [0.4, 0.5) is 15.8 Å². The summed E-state index contributed by atoms with van der Waals surface area (Å²) < 4.78 is 19.2. The number of anilines is 2. The number of esters is 1. The molecule has 0 atom stereocenters. The van der Waals surface area contributed by atoms with Crippen molar-refractivity contribution in [2.75, 3.05) is 12.4 Å². The van der Waals surface area contributed by atoms with Crippen molar-refractivity contribution in [2.24, 2.45) is 0 Å². The SMILES string of the molecule is COC(=O)c1cnccc1Nc1cc(-c2cc(Cl)ccc2F)c(O)nc1C(C)C. The fourth-order valence-electron chi connectivity index (χ4n) is 2.88. The molecule has 0 aliphatic rings. The van der Waals surface area contributed by atoms with Crippen LogP contribution in [0.1, 0.15) is 35.8 Å². The second kappa shape index (κ2) is 8.45. The maximum Gasteiger partial charge on any atom is 0.341 e. The molecule has 0 amide bonds. The van der Waals surface area contributed by atoms with Gasteiger partial charge in [-0.1, -0.05) is 25.4 Å². The third-order valence-electron chi connectivity index (χ3n) is 4.29. The first-order chi connectivity index (χ1) is 13.8. The van der Waals surface area contributed by atoms with Crippen molar-refractivity contribution in [3.63, 3.8) is 0 Å². The lowest BCUT2D eigenvalue weighted by atomic mass is 10.0. The van der Waals surface area contributed by atoms with Crippen LogP contribution in [0.15, 0.2) is 42.7 Å². The summed E-state index contributed by atoms with van der Waals surface area (Å²) >= 11 is 6.00. The quantitative estimate of drug-likeness (QED) is 0.550. The summed E-state index contributed by atoms with van der Waals surface area (Å²) in [6.07, 6.45) is 2.91. The predicted molar refractivity (Wildman–Crippen MR) is 109 cm³/mol. The van der Waals surface area contributed by atoms with Crippen LogP contribution in [-0.4, -0.2) is 28.2 Å². The molecule has 1 aromatic carbocycles. The van der Waals surface area contributed by atoms with Gasteiger partial charge in [0.15, 0.2) is 0 Å². The average Bonchev–Trinajstić information content (AvgIpc) is 2.70. The minimum Gasteiger partial charge on any atom is -0.493 e. The van der Waals surface area contributed by atoms with Crippen molar-refractivity contribution in [2.45, 2.75) is 19.8 Å². The molecule has 2 aromatic heterocycles. The number of methoxy groups -OCH3 is 1. The van der Waals surface area contributed by atoms with Crippen molar-refractivity contribution in [3.8, 4) is 17.0 Å². The first-order valence-corrected chi connectivity index (χ1v) is 9.18. The number of nitrogens with one attached hydrogen (secondary N) is 1. The number of carbonyl (C=O) groups is 1. The Balaban J connectivity index is 2.16. The van der Waals surface area contributed by atoms with Crippen LogP contribution in [0.2, 0.25) is 5.02 Å². The molecule has 150 valence electrons. The van der Waals surface area contributed by atoms with Crippen LogP contribution >= 0.6 is 11.6 Å². The van der Waals surface area contributed by atoms with Crippen molar-refractivity contribution in [1.29, 1.82) is 0 Å². The smallest absolute Gasteiger partial charge is 0.341 e. The van der Waals surface area contributed by atoms with Crippen molar-refractivity contribution < 1.29 is 19.0 Å². The van der Waals surface area contributed by atoms with E-state index in [9.17, 15) is 14.3 Å². The molecule has 0 aliphatic carbocycles. The maximum atomic E-state index is 14.4. The molecule has 2 heterocycles. The summed E-state index contributed by atoms with van der Waals surface area (Å²) in [5, 5.41) is 13.9. The van der Waals surface area contributed by atoms with E-state index in [-0.39, 0.29) is 28.5 Å². The average molecular weight is 416 g/mol. The van der Waals surface area contributed by atoms with Crippen LogP contribution in [0.5, 0.6) is 5.88 Å². The normalized spacial score (nSPS) is 10.8. The third kappa shape index (κ3) is 4.30. The maximum absolute atomic E-state index is 14.4. The van der Waals surface area contributed by atoms with E-state index in [4.69, 9.17) is 16.3 Å². The van der Waals surface area contributed by atoms with Crippen molar-refractivity contribution in [3.05, 3.63) is 64.8 Å². The number of hydrogen-bond acceptors (Lipinski definition) is 6. The van der Waals surface area contributed by atoms with Gasteiger partial charge in [-0.05, 0) is 36.2 Å². The molecule has 0 radical (unpaired) electrons. The molecule has 0 aliphatic heterocycles. The van der Waals surface area contributed by atoms with Gasteiger partial charge in [-0.25, -0.2) is 14.2 Å². The van der Waals surface area contributed by atoms with Crippen LogP contribution in [0.3, 0.4) is 0 Å². The summed E-state index contributed by atoms with van der Waals surface area (Å²) in [5.74, 6) is -1.48. The topological polar surface area (TPSA) is 84.3 Å². The van der Waals surface area contributed by atoms with Gasteiger partial charge in [0.05, 0.1) is 24.2 Å². The molecule has 6 nitrogen and oxygen atoms in total. The third-order valence-corrected chi connectivity index (χ3v) is 4.53. The zero-order valence-electron chi connectivity index (χ0n) is 16.0. The largest absolute Gasteiger partial charge is 0.493 e. The number of aromatic nitrogens is 2.